The van der Waals surface area contributed by atoms with Gasteiger partial charge in [-0.25, -0.2) is 0 Å². The quantitative estimate of drug-likeness (QED) is 0.299. The number of phenols is 3. The molecule has 1 saturated carbocycles. The Balaban J connectivity index is 2.28. The number of carbonyl (C=O) groups is 3. The van der Waals surface area contributed by atoms with Crippen LogP contribution in [0.4, 0.5) is 0 Å². The van der Waals surface area contributed by atoms with Gasteiger partial charge in [0.05, 0.1) is 10.8 Å². The molecule has 1 aromatic rings. The van der Waals surface area contributed by atoms with Gasteiger partial charge in [-0.2, -0.15) is 0 Å². The van der Waals surface area contributed by atoms with Crippen LogP contribution in [0.1, 0.15) is 102 Å². The summed E-state index contributed by atoms with van der Waals surface area (Å²) in [5.41, 5.74) is -3.20. The molecule has 0 aromatic heterocycles. The summed E-state index contributed by atoms with van der Waals surface area (Å²) in [5, 5.41) is 44.0. The first-order chi connectivity index (χ1) is 16.1. The fourth-order valence-corrected chi connectivity index (χ4v) is 5.76. The molecule has 4 N–H and O–H groups in total. The Labute approximate surface area is 206 Å². The van der Waals surface area contributed by atoms with Crippen LogP contribution in [-0.4, -0.2) is 37.8 Å². The molecule has 0 heterocycles. The number of hydrogen-bond donors (Lipinski definition) is 4. The van der Waals surface area contributed by atoms with E-state index in [0.717, 1.165) is 25.3 Å². The van der Waals surface area contributed by atoms with Gasteiger partial charge in [0, 0.05) is 29.0 Å². The van der Waals surface area contributed by atoms with Gasteiger partial charge in [-0.1, -0.05) is 33.1 Å². The normalized spacial score (nSPS) is 21.5. The van der Waals surface area contributed by atoms with Crippen LogP contribution in [0.15, 0.2) is 17.4 Å². The number of benzene rings is 1. The summed E-state index contributed by atoms with van der Waals surface area (Å²) in [5.74, 6) is -4.76. The van der Waals surface area contributed by atoms with E-state index in [-0.39, 0.29) is 35.0 Å². The van der Waals surface area contributed by atoms with Gasteiger partial charge in [-0.3, -0.25) is 14.4 Å². The summed E-state index contributed by atoms with van der Waals surface area (Å²) in [7, 11) is 0. The molecule has 2 aliphatic rings. The minimum atomic E-state index is -1.43. The van der Waals surface area contributed by atoms with Crippen molar-refractivity contribution < 1.29 is 34.8 Å². The third kappa shape index (κ3) is 4.45. The number of ketones is 3. The first-order valence-electron chi connectivity index (χ1n) is 12.5. The molecule has 3 rings (SSSR count). The summed E-state index contributed by atoms with van der Waals surface area (Å²) >= 11 is 0. The lowest BCUT2D eigenvalue weighted by Crippen LogP contribution is -2.49. The molecule has 0 saturated heterocycles. The number of aliphatic hydroxyl groups excluding tert-OH is 1. The summed E-state index contributed by atoms with van der Waals surface area (Å²) in [6, 6.07) is 1.02. The van der Waals surface area contributed by atoms with Crippen LogP contribution >= 0.6 is 0 Å². The maximum atomic E-state index is 13.6. The van der Waals surface area contributed by atoms with Crippen molar-refractivity contribution in [3.05, 3.63) is 28.5 Å². The Kier molecular flexibility index (Phi) is 7.13. The van der Waals surface area contributed by atoms with Gasteiger partial charge in [0.15, 0.2) is 17.3 Å². The SMILES string of the molecule is CC(C)CC(C1=C(O)C(C)(C)C(=O)C(C)(C)C1=O)c1c(O)cc(O)c(C(=O)C2CCCCC2)c1O. The lowest BCUT2D eigenvalue weighted by atomic mass is 9.60. The fraction of sp³-hybridized carbons (Fsp3) is 0.607. The molecule has 1 fully saturated rings. The number of allylic oxidation sites excluding steroid dienone is 2. The Morgan fingerprint density at radius 1 is 0.943 bits per heavy atom. The minimum Gasteiger partial charge on any atom is -0.511 e. The van der Waals surface area contributed by atoms with Crippen LogP contribution in [-0.2, 0) is 9.59 Å². The van der Waals surface area contributed by atoms with Gasteiger partial charge in [-0.15, -0.1) is 0 Å². The average Bonchev–Trinajstić information content (AvgIpc) is 2.77. The smallest absolute Gasteiger partial charge is 0.175 e. The Bertz CT molecular complexity index is 1090. The van der Waals surface area contributed by atoms with E-state index in [1.165, 1.54) is 13.8 Å². The van der Waals surface area contributed by atoms with Crippen molar-refractivity contribution in [3.8, 4) is 17.2 Å². The standard InChI is InChI=1S/C28H38O7/c1-14(2)12-16(20-24(33)27(3,4)26(35)28(5,6)25(20)34)19-17(29)13-18(30)21(23(19)32)22(31)15-10-8-7-9-11-15/h13-16,29-30,32-33H,7-12H2,1-6H3. The molecule has 7 nitrogen and oxygen atoms in total. The van der Waals surface area contributed by atoms with Crippen molar-refractivity contribution in [1.82, 2.24) is 0 Å². The van der Waals surface area contributed by atoms with E-state index in [9.17, 15) is 34.8 Å². The molecule has 1 atom stereocenters. The zero-order chi connectivity index (χ0) is 26.5. The first-order valence-corrected chi connectivity index (χ1v) is 12.5. The van der Waals surface area contributed by atoms with Gasteiger partial charge in [-0.05, 0) is 52.9 Å². The van der Waals surface area contributed by atoms with Gasteiger partial charge in [0.1, 0.15) is 28.6 Å². The number of phenolic OH excluding ortho intramolecular Hbond substituents is 3. The summed E-state index contributed by atoms with van der Waals surface area (Å²) in [4.78, 5) is 39.9. The molecule has 7 heteroatoms. The average molecular weight is 487 g/mol. The van der Waals surface area contributed by atoms with E-state index in [0.29, 0.717) is 12.8 Å². The molecule has 2 aliphatic carbocycles. The van der Waals surface area contributed by atoms with Crippen LogP contribution in [0.5, 0.6) is 17.2 Å². The molecular formula is C28H38O7. The van der Waals surface area contributed by atoms with E-state index in [1.807, 2.05) is 13.8 Å². The van der Waals surface area contributed by atoms with E-state index in [4.69, 9.17) is 0 Å². The summed E-state index contributed by atoms with van der Waals surface area (Å²) in [6.45, 7) is 9.88. The zero-order valence-corrected chi connectivity index (χ0v) is 21.6. The second-order valence-electron chi connectivity index (χ2n) is 11.6. The Morgan fingerprint density at radius 2 is 1.51 bits per heavy atom. The number of carbonyl (C=O) groups excluding carboxylic acids is 3. The predicted octanol–water partition coefficient (Wildman–Crippen LogP) is 5.71. The highest BCUT2D eigenvalue weighted by atomic mass is 16.3. The highest BCUT2D eigenvalue weighted by Crippen LogP contribution is 2.53. The topological polar surface area (TPSA) is 132 Å². The van der Waals surface area contributed by atoms with E-state index < -0.39 is 57.1 Å². The molecule has 1 aromatic carbocycles. The second kappa shape index (κ2) is 9.32. The third-order valence-electron chi connectivity index (χ3n) is 7.72. The summed E-state index contributed by atoms with van der Waals surface area (Å²) < 4.78 is 0. The van der Waals surface area contributed by atoms with Gasteiger partial charge in [0.2, 0.25) is 0 Å². The van der Waals surface area contributed by atoms with Crippen molar-refractivity contribution in [2.24, 2.45) is 22.7 Å². The van der Waals surface area contributed by atoms with E-state index >= 15 is 0 Å². The molecule has 1 unspecified atom stereocenters. The number of rotatable bonds is 6. The molecule has 0 bridgehead atoms. The fourth-order valence-electron chi connectivity index (χ4n) is 5.76. The first kappa shape index (κ1) is 26.8. The van der Waals surface area contributed by atoms with Crippen LogP contribution in [0.2, 0.25) is 0 Å². The number of Topliss-reactive ketones (excluding diaryl/α,β-unsaturated/α-hetero) is 3. The molecule has 0 amide bonds. The molecule has 0 aliphatic heterocycles. The Morgan fingerprint density at radius 3 is 2.06 bits per heavy atom. The lowest BCUT2D eigenvalue weighted by Gasteiger charge is -2.41. The minimum absolute atomic E-state index is 0.0398. The van der Waals surface area contributed by atoms with Gasteiger partial charge >= 0.3 is 0 Å². The molecule has 0 spiro atoms. The van der Waals surface area contributed by atoms with Crippen LogP contribution < -0.4 is 0 Å². The monoisotopic (exact) mass is 486 g/mol. The van der Waals surface area contributed by atoms with Crippen LogP contribution in [0.25, 0.3) is 0 Å². The maximum absolute atomic E-state index is 13.6. The van der Waals surface area contributed by atoms with Gasteiger partial charge in [0.25, 0.3) is 0 Å². The zero-order valence-electron chi connectivity index (χ0n) is 21.6. The number of aromatic hydroxyl groups is 3. The second-order valence-corrected chi connectivity index (χ2v) is 11.6. The van der Waals surface area contributed by atoms with Crippen molar-refractivity contribution >= 4 is 17.3 Å². The third-order valence-corrected chi connectivity index (χ3v) is 7.72. The molecule has 0 radical (unpaired) electrons. The van der Waals surface area contributed by atoms with Crippen molar-refractivity contribution in [2.75, 3.05) is 0 Å². The molecule has 35 heavy (non-hydrogen) atoms. The van der Waals surface area contributed by atoms with Crippen LogP contribution in [0, 0.1) is 22.7 Å². The Hall–Kier alpha value is -2.83. The van der Waals surface area contributed by atoms with E-state index in [1.54, 1.807) is 13.8 Å². The van der Waals surface area contributed by atoms with Crippen LogP contribution in [0.3, 0.4) is 0 Å². The molecular weight excluding hydrogens is 448 g/mol. The van der Waals surface area contributed by atoms with E-state index in [2.05, 4.69) is 0 Å². The van der Waals surface area contributed by atoms with Crippen molar-refractivity contribution in [1.29, 1.82) is 0 Å². The number of aliphatic hydroxyl groups is 1. The van der Waals surface area contributed by atoms with Gasteiger partial charge < -0.3 is 20.4 Å². The highest BCUT2D eigenvalue weighted by Gasteiger charge is 2.55. The largest absolute Gasteiger partial charge is 0.511 e. The van der Waals surface area contributed by atoms with Crippen molar-refractivity contribution in [2.45, 2.75) is 86.0 Å². The maximum Gasteiger partial charge on any atom is 0.175 e. The highest BCUT2D eigenvalue weighted by molar-refractivity contribution is 6.19. The summed E-state index contributed by atoms with van der Waals surface area (Å²) in [6.07, 6.45) is 4.34. The molecule has 192 valence electrons. The predicted molar refractivity (Wildman–Crippen MR) is 132 cm³/mol. The lowest BCUT2D eigenvalue weighted by molar-refractivity contribution is -0.144. The van der Waals surface area contributed by atoms with Crippen molar-refractivity contribution in [3.63, 3.8) is 0 Å². The number of hydrogen-bond acceptors (Lipinski definition) is 7.